The minimum absolute atomic E-state index is 0.0275. The predicted octanol–water partition coefficient (Wildman–Crippen LogP) is 1.83. The molecule has 0 spiro atoms. The molecule has 3 aliphatic rings. The largest absolute Gasteiger partial charge is 0.465 e. The third-order valence-electron chi connectivity index (χ3n) is 6.52. The summed E-state index contributed by atoms with van der Waals surface area (Å²) < 4.78 is 11.0. The first-order chi connectivity index (χ1) is 12.2. The molecule has 0 aromatic carbocycles. The molecule has 0 radical (unpaired) electrons. The molecular weight excluding hydrogens is 336 g/mol. The number of carbonyl (C=O) groups excluding carboxylic acids is 2. The van der Waals surface area contributed by atoms with Crippen molar-refractivity contribution in [3.05, 3.63) is 12.2 Å². The zero-order chi connectivity index (χ0) is 19.2. The number of fused-ring (bicyclic) bond motifs is 2. The summed E-state index contributed by atoms with van der Waals surface area (Å²) in [4.78, 5) is 24.1. The Kier molecular flexibility index (Phi) is 5.19. The number of hydrogen-bond donors (Lipinski definition) is 2. The monoisotopic (exact) mass is 366 g/mol. The molecule has 2 saturated carbocycles. The van der Waals surface area contributed by atoms with Gasteiger partial charge in [0.25, 0.3) is 0 Å². The molecule has 2 N–H and O–H groups in total. The maximum atomic E-state index is 12.1. The quantitative estimate of drug-likeness (QED) is 0.582. The van der Waals surface area contributed by atoms with Gasteiger partial charge in [-0.25, -0.2) is 4.79 Å². The van der Waals surface area contributed by atoms with Gasteiger partial charge in [-0.2, -0.15) is 0 Å². The molecular formula is C20H30O6. The van der Waals surface area contributed by atoms with Crippen LogP contribution in [0.15, 0.2) is 12.2 Å². The lowest BCUT2D eigenvalue weighted by Gasteiger charge is -2.40. The molecule has 6 nitrogen and oxygen atoms in total. The second kappa shape index (κ2) is 6.97. The van der Waals surface area contributed by atoms with Crippen LogP contribution < -0.4 is 0 Å². The highest BCUT2D eigenvalue weighted by Crippen LogP contribution is 2.57. The van der Waals surface area contributed by atoms with E-state index in [0.717, 1.165) is 0 Å². The third-order valence-corrected chi connectivity index (χ3v) is 6.52. The number of aliphatic hydroxyl groups excluding tert-OH is 2. The summed E-state index contributed by atoms with van der Waals surface area (Å²) in [5.74, 6) is -0.883. The lowest BCUT2D eigenvalue weighted by molar-refractivity contribution is -0.154. The van der Waals surface area contributed by atoms with Gasteiger partial charge < -0.3 is 19.7 Å². The smallest absolute Gasteiger partial charge is 0.334 e. The second-order valence-electron chi connectivity index (χ2n) is 8.83. The van der Waals surface area contributed by atoms with Crippen molar-refractivity contribution in [2.45, 2.75) is 64.8 Å². The molecule has 26 heavy (non-hydrogen) atoms. The molecule has 2 aliphatic carbocycles. The van der Waals surface area contributed by atoms with E-state index in [4.69, 9.17) is 9.47 Å². The third kappa shape index (κ3) is 3.18. The fourth-order valence-electron chi connectivity index (χ4n) is 5.35. The van der Waals surface area contributed by atoms with Gasteiger partial charge in [0.05, 0.1) is 18.8 Å². The van der Waals surface area contributed by atoms with Crippen molar-refractivity contribution < 1.29 is 29.3 Å². The van der Waals surface area contributed by atoms with Crippen molar-refractivity contribution in [3.8, 4) is 0 Å². The van der Waals surface area contributed by atoms with Gasteiger partial charge in [-0.05, 0) is 30.6 Å². The molecule has 0 amide bonds. The zero-order valence-electron chi connectivity index (χ0n) is 15.8. The summed E-state index contributed by atoms with van der Waals surface area (Å²) in [5.41, 5.74) is -0.355. The summed E-state index contributed by atoms with van der Waals surface area (Å²) in [6.07, 6.45) is -0.107. The maximum absolute atomic E-state index is 12.1. The van der Waals surface area contributed by atoms with Crippen molar-refractivity contribution in [2.24, 2.45) is 29.1 Å². The van der Waals surface area contributed by atoms with Crippen LogP contribution in [0.25, 0.3) is 0 Å². The molecule has 0 aromatic rings. The Morgan fingerprint density at radius 3 is 2.73 bits per heavy atom. The number of rotatable bonds is 4. The number of ether oxygens (including phenoxy) is 2. The number of hydrogen-bond acceptors (Lipinski definition) is 6. The fraction of sp³-hybridized carbons (Fsp3) is 0.800. The molecule has 1 saturated heterocycles. The van der Waals surface area contributed by atoms with Gasteiger partial charge in [0.1, 0.15) is 6.10 Å². The standard InChI is InChI=1S/C20H30O6/c1-10(2)5-17(23)25-9-20-8-13-12(4)19(24)26-15(13)6-11(3)18(20)14(21)7-16(20)22/h10-11,13-16,18,21-22H,4-9H2,1-3H3/t11-,13-,14+,15-,16+,18-,20+/m1/s1. The van der Waals surface area contributed by atoms with Crippen molar-refractivity contribution in [3.63, 3.8) is 0 Å². The first-order valence-corrected chi connectivity index (χ1v) is 9.57. The summed E-state index contributed by atoms with van der Waals surface area (Å²) >= 11 is 0. The van der Waals surface area contributed by atoms with Crippen LogP contribution in [-0.2, 0) is 19.1 Å². The van der Waals surface area contributed by atoms with Crippen LogP contribution in [-0.4, -0.2) is 47.1 Å². The average Bonchev–Trinajstić information content (AvgIpc) is 2.87. The minimum Gasteiger partial charge on any atom is -0.465 e. The Labute approximate surface area is 154 Å². The second-order valence-corrected chi connectivity index (χ2v) is 8.83. The lowest BCUT2D eigenvalue weighted by Crippen LogP contribution is -2.45. The molecule has 3 rings (SSSR count). The molecule has 0 bridgehead atoms. The highest BCUT2D eigenvalue weighted by Gasteiger charge is 2.61. The SMILES string of the molecule is C=C1C(=O)O[C@@H]2C[C@@H](C)[C@@H]3[C@@H](O)C[C@H](O)[C@@]3(COC(=O)CC(C)C)C[C@H]12. The van der Waals surface area contributed by atoms with Crippen molar-refractivity contribution in [1.82, 2.24) is 0 Å². The van der Waals surface area contributed by atoms with Crippen LogP contribution in [0, 0.1) is 29.1 Å². The summed E-state index contributed by atoms with van der Waals surface area (Å²) in [7, 11) is 0. The van der Waals surface area contributed by atoms with Crippen LogP contribution in [0.5, 0.6) is 0 Å². The first-order valence-electron chi connectivity index (χ1n) is 9.57. The summed E-state index contributed by atoms with van der Waals surface area (Å²) in [6.45, 7) is 9.83. The minimum atomic E-state index is -0.793. The van der Waals surface area contributed by atoms with Crippen LogP contribution in [0.1, 0.15) is 46.5 Å². The van der Waals surface area contributed by atoms with E-state index >= 15 is 0 Å². The highest BCUT2D eigenvalue weighted by molar-refractivity contribution is 5.90. The molecule has 6 heteroatoms. The highest BCUT2D eigenvalue weighted by atomic mass is 16.6. The van der Waals surface area contributed by atoms with Crippen LogP contribution in [0.2, 0.25) is 0 Å². The van der Waals surface area contributed by atoms with E-state index in [9.17, 15) is 19.8 Å². The average molecular weight is 366 g/mol. The molecule has 7 atom stereocenters. The Balaban J connectivity index is 1.89. The lowest BCUT2D eigenvalue weighted by atomic mass is 9.68. The molecule has 3 fully saturated rings. The van der Waals surface area contributed by atoms with Gasteiger partial charge in [0, 0.05) is 29.7 Å². The topological polar surface area (TPSA) is 93.1 Å². The maximum Gasteiger partial charge on any atom is 0.334 e. The van der Waals surface area contributed by atoms with Gasteiger partial charge in [0.15, 0.2) is 0 Å². The van der Waals surface area contributed by atoms with Crippen molar-refractivity contribution in [1.29, 1.82) is 0 Å². The molecule has 0 unspecified atom stereocenters. The zero-order valence-corrected chi connectivity index (χ0v) is 15.8. The number of esters is 2. The van der Waals surface area contributed by atoms with Crippen LogP contribution in [0.3, 0.4) is 0 Å². The van der Waals surface area contributed by atoms with Gasteiger partial charge in [-0.15, -0.1) is 0 Å². The van der Waals surface area contributed by atoms with Crippen LogP contribution >= 0.6 is 0 Å². The van der Waals surface area contributed by atoms with Crippen LogP contribution in [0.4, 0.5) is 0 Å². The van der Waals surface area contributed by atoms with E-state index in [1.165, 1.54) is 0 Å². The first kappa shape index (κ1) is 19.4. The van der Waals surface area contributed by atoms with Gasteiger partial charge in [-0.3, -0.25) is 4.79 Å². The van der Waals surface area contributed by atoms with E-state index in [-0.39, 0.29) is 54.7 Å². The van der Waals surface area contributed by atoms with E-state index < -0.39 is 17.6 Å². The van der Waals surface area contributed by atoms with Crippen molar-refractivity contribution in [2.75, 3.05) is 6.61 Å². The van der Waals surface area contributed by atoms with E-state index in [0.29, 0.717) is 24.8 Å². The molecule has 1 heterocycles. The van der Waals surface area contributed by atoms with E-state index in [1.807, 2.05) is 20.8 Å². The Hall–Kier alpha value is -1.40. The Morgan fingerprint density at radius 1 is 1.38 bits per heavy atom. The fourth-order valence-corrected chi connectivity index (χ4v) is 5.35. The predicted molar refractivity (Wildman–Crippen MR) is 93.9 cm³/mol. The van der Waals surface area contributed by atoms with Gasteiger partial charge >= 0.3 is 11.9 Å². The normalized spacial score (nSPS) is 42.2. The Morgan fingerprint density at radius 2 is 2.08 bits per heavy atom. The van der Waals surface area contributed by atoms with Crippen molar-refractivity contribution >= 4 is 11.9 Å². The Bertz CT molecular complexity index is 599. The van der Waals surface area contributed by atoms with Gasteiger partial charge in [-0.1, -0.05) is 27.4 Å². The number of aliphatic hydroxyl groups is 2. The van der Waals surface area contributed by atoms with Gasteiger partial charge in [0.2, 0.25) is 0 Å². The summed E-state index contributed by atoms with van der Waals surface area (Å²) in [5, 5.41) is 21.5. The number of carbonyl (C=O) groups is 2. The van der Waals surface area contributed by atoms with E-state index in [2.05, 4.69) is 6.58 Å². The molecule has 146 valence electrons. The van der Waals surface area contributed by atoms with E-state index in [1.54, 1.807) is 0 Å². The summed E-state index contributed by atoms with van der Waals surface area (Å²) in [6, 6.07) is 0. The molecule has 0 aromatic heterocycles. The molecule has 1 aliphatic heterocycles.